The van der Waals surface area contributed by atoms with E-state index in [1.165, 1.54) is 0 Å². The highest BCUT2D eigenvalue weighted by Crippen LogP contribution is 2.35. The van der Waals surface area contributed by atoms with Gasteiger partial charge in [-0.15, -0.1) is 0 Å². The van der Waals surface area contributed by atoms with Gasteiger partial charge >= 0.3 is 0 Å². The topological polar surface area (TPSA) is 68.8 Å². The number of nitrogens with one attached hydrogen (secondary N) is 2. The lowest BCUT2D eigenvalue weighted by atomic mass is 10.1. The van der Waals surface area contributed by atoms with Crippen molar-refractivity contribution in [2.75, 3.05) is 26.6 Å². The number of benzene rings is 1. The summed E-state index contributed by atoms with van der Waals surface area (Å²) in [6, 6.07) is 5.38. The standard InChI is InChI=1S/C13H16N2O4/c16-13(10-7-17-5-4-14-10)15-6-9-2-1-3-11-12(9)19-8-18-11/h1-3,10,14H,4-8H2,(H,15,16). The summed E-state index contributed by atoms with van der Waals surface area (Å²) in [5.74, 6) is 1.39. The van der Waals surface area contributed by atoms with Crippen molar-refractivity contribution in [1.82, 2.24) is 10.6 Å². The Morgan fingerprint density at radius 2 is 2.37 bits per heavy atom. The Morgan fingerprint density at radius 1 is 1.42 bits per heavy atom. The van der Waals surface area contributed by atoms with E-state index in [9.17, 15) is 4.79 Å². The molecule has 1 atom stereocenters. The zero-order valence-corrected chi connectivity index (χ0v) is 10.5. The molecule has 2 N–H and O–H groups in total. The normalized spacial score (nSPS) is 21.2. The van der Waals surface area contributed by atoms with Crippen molar-refractivity contribution in [2.45, 2.75) is 12.6 Å². The molecule has 0 aromatic heterocycles. The van der Waals surface area contributed by atoms with Gasteiger partial charge in [-0.1, -0.05) is 12.1 Å². The Bertz CT molecular complexity index is 472. The summed E-state index contributed by atoms with van der Waals surface area (Å²) in [6.07, 6.45) is 0. The Kier molecular flexibility index (Phi) is 3.52. The average molecular weight is 264 g/mol. The molecule has 6 heteroatoms. The van der Waals surface area contributed by atoms with Gasteiger partial charge in [0.25, 0.3) is 0 Å². The molecule has 0 radical (unpaired) electrons. The number of ether oxygens (including phenoxy) is 3. The second-order valence-electron chi connectivity index (χ2n) is 4.45. The van der Waals surface area contributed by atoms with Crippen LogP contribution in [-0.4, -0.2) is 38.5 Å². The maximum Gasteiger partial charge on any atom is 0.239 e. The highest BCUT2D eigenvalue weighted by Gasteiger charge is 2.22. The minimum atomic E-state index is -0.275. The number of hydrogen-bond donors (Lipinski definition) is 2. The second-order valence-corrected chi connectivity index (χ2v) is 4.45. The summed E-state index contributed by atoms with van der Waals surface area (Å²) in [4.78, 5) is 11.9. The molecule has 0 spiro atoms. The smallest absolute Gasteiger partial charge is 0.239 e. The number of para-hydroxylation sites is 1. The minimum Gasteiger partial charge on any atom is -0.454 e. The molecule has 0 bridgehead atoms. The predicted octanol–water partition coefficient (Wildman–Crippen LogP) is 0.0199. The lowest BCUT2D eigenvalue weighted by Gasteiger charge is -2.23. The van der Waals surface area contributed by atoms with E-state index in [1.54, 1.807) is 0 Å². The van der Waals surface area contributed by atoms with Gasteiger partial charge < -0.3 is 24.8 Å². The van der Waals surface area contributed by atoms with E-state index in [0.29, 0.717) is 26.3 Å². The molecule has 1 amide bonds. The summed E-state index contributed by atoms with van der Waals surface area (Å²) >= 11 is 0. The SMILES string of the molecule is O=C(NCc1cccc2c1OCO2)C1COCCN1. The lowest BCUT2D eigenvalue weighted by molar-refractivity contribution is -0.126. The molecule has 0 saturated carbocycles. The Hall–Kier alpha value is -1.79. The zero-order valence-electron chi connectivity index (χ0n) is 10.5. The van der Waals surface area contributed by atoms with Gasteiger partial charge in [-0.25, -0.2) is 0 Å². The van der Waals surface area contributed by atoms with Crippen LogP contribution in [0.15, 0.2) is 18.2 Å². The van der Waals surface area contributed by atoms with Crippen LogP contribution in [0.2, 0.25) is 0 Å². The van der Waals surface area contributed by atoms with Gasteiger partial charge in [0.1, 0.15) is 6.04 Å². The highest BCUT2D eigenvalue weighted by molar-refractivity contribution is 5.82. The summed E-state index contributed by atoms with van der Waals surface area (Å²) < 4.78 is 15.9. The van der Waals surface area contributed by atoms with E-state index in [2.05, 4.69) is 10.6 Å². The molecule has 3 rings (SSSR count). The lowest BCUT2D eigenvalue weighted by Crippen LogP contribution is -2.51. The number of fused-ring (bicyclic) bond motifs is 1. The number of carbonyl (C=O) groups excluding carboxylic acids is 1. The van der Waals surface area contributed by atoms with Crippen LogP contribution >= 0.6 is 0 Å². The number of amides is 1. The van der Waals surface area contributed by atoms with Crippen molar-refractivity contribution >= 4 is 5.91 Å². The van der Waals surface area contributed by atoms with Crippen LogP contribution in [0.3, 0.4) is 0 Å². The Balaban J connectivity index is 1.60. The fourth-order valence-corrected chi connectivity index (χ4v) is 2.17. The van der Waals surface area contributed by atoms with Crippen LogP contribution < -0.4 is 20.1 Å². The number of rotatable bonds is 3. The van der Waals surface area contributed by atoms with Crippen molar-refractivity contribution in [3.8, 4) is 11.5 Å². The predicted molar refractivity (Wildman–Crippen MR) is 67.0 cm³/mol. The molecule has 19 heavy (non-hydrogen) atoms. The average Bonchev–Trinajstić information content (AvgIpc) is 2.94. The second kappa shape index (κ2) is 5.46. The van der Waals surface area contributed by atoms with Crippen molar-refractivity contribution in [2.24, 2.45) is 0 Å². The van der Waals surface area contributed by atoms with Crippen LogP contribution in [0.4, 0.5) is 0 Å². The number of hydrogen-bond acceptors (Lipinski definition) is 5. The van der Waals surface area contributed by atoms with E-state index in [4.69, 9.17) is 14.2 Å². The van der Waals surface area contributed by atoms with Gasteiger partial charge in [-0.2, -0.15) is 0 Å². The van der Waals surface area contributed by atoms with Gasteiger partial charge in [0.15, 0.2) is 11.5 Å². The largest absolute Gasteiger partial charge is 0.454 e. The fraction of sp³-hybridized carbons (Fsp3) is 0.462. The summed E-state index contributed by atoms with van der Waals surface area (Å²) in [6.45, 7) is 2.43. The first-order chi connectivity index (χ1) is 9.34. The van der Waals surface area contributed by atoms with Gasteiger partial charge in [-0.05, 0) is 6.07 Å². The van der Waals surface area contributed by atoms with Gasteiger partial charge in [0, 0.05) is 18.7 Å². The third-order valence-corrected chi connectivity index (χ3v) is 3.17. The van der Waals surface area contributed by atoms with Crippen LogP contribution in [0.5, 0.6) is 11.5 Å². The summed E-state index contributed by atoms with van der Waals surface area (Å²) in [7, 11) is 0. The number of morpholine rings is 1. The Morgan fingerprint density at radius 3 is 3.21 bits per heavy atom. The van der Waals surface area contributed by atoms with E-state index >= 15 is 0 Å². The molecule has 1 aromatic carbocycles. The molecular formula is C13H16N2O4. The van der Waals surface area contributed by atoms with Crippen molar-refractivity contribution in [3.63, 3.8) is 0 Å². The molecule has 2 heterocycles. The van der Waals surface area contributed by atoms with Crippen molar-refractivity contribution < 1.29 is 19.0 Å². The Labute approximate surface area is 111 Å². The molecule has 1 saturated heterocycles. The molecule has 2 aliphatic rings. The monoisotopic (exact) mass is 264 g/mol. The number of carbonyl (C=O) groups is 1. The third kappa shape index (κ3) is 2.64. The maximum atomic E-state index is 11.9. The van der Waals surface area contributed by atoms with E-state index in [0.717, 1.165) is 17.1 Å². The van der Waals surface area contributed by atoms with Gasteiger partial charge in [0.05, 0.1) is 13.2 Å². The van der Waals surface area contributed by atoms with E-state index < -0.39 is 0 Å². The first kappa shape index (κ1) is 12.3. The van der Waals surface area contributed by atoms with Gasteiger partial charge in [-0.3, -0.25) is 4.79 Å². The maximum absolute atomic E-state index is 11.9. The van der Waals surface area contributed by atoms with Crippen molar-refractivity contribution in [3.05, 3.63) is 23.8 Å². The molecule has 0 aliphatic carbocycles. The third-order valence-electron chi connectivity index (χ3n) is 3.17. The fourth-order valence-electron chi connectivity index (χ4n) is 2.17. The molecule has 2 aliphatic heterocycles. The van der Waals surface area contributed by atoms with Crippen LogP contribution in [0.25, 0.3) is 0 Å². The summed E-state index contributed by atoms with van der Waals surface area (Å²) in [5, 5.41) is 6.00. The van der Waals surface area contributed by atoms with Crippen molar-refractivity contribution in [1.29, 1.82) is 0 Å². The molecular weight excluding hydrogens is 248 g/mol. The van der Waals surface area contributed by atoms with E-state index in [-0.39, 0.29) is 18.7 Å². The molecule has 102 valence electrons. The first-order valence-corrected chi connectivity index (χ1v) is 6.31. The molecule has 6 nitrogen and oxygen atoms in total. The minimum absolute atomic E-state index is 0.0591. The van der Waals surface area contributed by atoms with E-state index in [1.807, 2.05) is 18.2 Å². The zero-order chi connectivity index (χ0) is 13.1. The highest BCUT2D eigenvalue weighted by atomic mass is 16.7. The van der Waals surface area contributed by atoms with Gasteiger partial charge in [0.2, 0.25) is 12.7 Å². The van der Waals surface area contributed by atoms with Crippen LogP contribution in [-0.2, 0) is 16.1 Å². The molecule has 1 unspecified atom stereocenters. The van der Waals surface area contributed by atoms with Crippen LogP contribution in [0.1, 0.15) is 5.56 Å². The molecule has 1 fully saturated rings. The van der Waals surface area contributed by atoms with Crippen LogP contribution in [0, 0.1) is 0 Å². The first-order valence-electron chi connectivity index (χ1n) is 6.31. The quantitative estimate of drug-likeness (QED) is 0.805. The summed E-state index contributed by atoms with van der Waals surface area (Å²) in [5.41, 5.74) is 0.917. The molecule has 1 aromatic rings.